The van der Waals surface area contributed by atoms with Crippen molar-refractivity contribution in [2.24, 2.45) is 0 Å². The van der Waals surface area contributed by atoms with E-state index in [1.54, 1.807) is 37.3 Å². The van der Waals surface area contributed by atoms with Crippen molar-refractivity contribution in [1.82, 2.24) is 30.1 Å². The number of rotatable bonds is 6. The van der Waals surface area contributed by atoms with Crippen LogP contribution in [0.4, 0.5) is 11.4 Å². The van der Waals surface area contributed by atoms with E-state index in [9.17, 15) is 24.0 Å². The molecular formula is C39H36N8O5. The number of carbonyl (C=O) groups is 5. The Morgan fingerprint density at radius 2 is 1.60 bits per heavy atom. The average Bonchev–Trinajstić information content (AvgIpc) is 3.69. The van der Waals surface area contributed by atoms with Crippen molar-refractivity contribution in [3.8, 4) is 22.4 Å². The number of H-pyrrole nitrogens is 1. The third-order valence-corrected chi connectivity index (χ3v) is 10.1. The Labute approximate surface area is 299 Å². The van der Waals surface area contributed by atoms with Crippen LogP contribution in [0.3, 0.4) is 0 Å². The van der Waals surface area contributed by atoms with Crippen LogP contribution in [0.2, 0.25) is 0 Å². The molecule has 1 atom stereocenters. The number of hydrogen-bond donors (Lipinski definition) is 2. The van der Waals surface area contributed by atoms with Gasteiger partial charge < -0.3 is 19.7 Å². The molecule has 0 radical (unpaired) electrons. The summed E-state index contributed by atoms with van der Waals surface area (Å²) in [7, 11) is 3.49. The first-order chi connectivity index (χ1) is 25.1. The highest BCUT2D eigenvalue weighted by Crippen LogP contribution is 2.35. The van der Waals surface area contributed by atoms with Crippen LogP contribution < -0.4 is 15.1 Å². The molecule has 52 heavy (non-hydrogen) atoms. The molecule has 2 aromatic heterocycles. The second-order valence-electron chi connectivity index (χ2n) is 13.6. The normalized spacial score (nSPS) is 17.5. The largest absolute Gasteiger partial charge is 0.368 e. The molecule has 0 saturated carbocycles. The van der Waals surface area contributed by atoms with Crippen LogP contribution in [0.5, 0.6) is 0 Å². The smallest absolute Gasteiger partial charge is 0.264 e. The molecule has 262 valence electrons. The highest BCUT2D eigenvalue weighted by Gasteiger charge is 2.46. The Kier molecular flexibility index (Phi) is 8.05. The molecule has 0 spiro atoms. The number of nitrogens with one attached hydrogen (secondary N) is 2. The van der Waals surface area contributed by atoms with Crippen LogP contribution in [-0.2, 0) is 9.59 Å². The number of imide groups is 2. The van der Waals surface area contributed by atoms with Gasteiger partial charge in [0.1, 0.15) is 11.6 Å². The molecule has 3 aliphatic rings. The predicted molar refractivity (Wildman–Crippen MR) is 195 cm³/mol. The quantitative estimate of drug-likeness (QED) is 0.251. The van der Waals surface area contributed by atoms with E-state index < -0.39 is 29.7 Å². The molecule has 3 aromatic carbocycles. The van der Waals surface area contributed by atoms with Gasteiger partial charge in [-0.25, -0.2) is 9.97 Å². The minimum atomic E-state index is -1.00. The first kappa shape index (κ1) is 32.8. The van der Waals surface area contributed by atoms with E-state index in [2.05, 4.69) is 37.2 Å². The van der Waals surface area contributed by atoms with Crippen molar-refractivity contribution < 1.29 is 24.0 Å². The number of nitrogens with zero attached hydrogens (tertiary/aromatic N) is 6. The number of hydrogen-bond acceptors (Lipinski definition) is 9. The maximum Gasteiger partial charge on any atom is 0.264 e. The number of carbonyl (C=O) groups excluding carboxylic acids is 5. The van der Waals surface area contributed by atoms with Crippen LogP contribution in [-0.4, -0.2) is 101 Å². The van der Waals surface area contributed by atoms with Gasteiger partial charge in [-0.1, -0.05) is 30.3 Å². The number of aryl methyl sites for hydroxylation is 1. The number of amides is 5. The van der Waals surface area contributed by atoms with Crippen molar-refractivity contribution in [3.05, 3.63) is 95.3 Å². The summed E-state index contributed by atoms with van der Waals surface area (Å²) in [5.74, 6) is -2.07. The summed E-state index contributed by atoms with van der Waals surface area (Å²) in [6.45, 7) is 4.57. The van der Waals surface area contributed by atoms with Gasteiger partial charge in [0, 0.05) is 75.3 Å². The first-order valence-electron chi connectivity index (χ1n) is 17.2. The fourth-order valence-corrected chi connectivity index (χ4v) is 7.37. The molecule has 3 aliphatic heterocycles. The van der Waals surface area contributed by atoms with Gasteiger partial charge in [-0.15, -0.1) is 0 Å². The third kappa shape index (κ3) is 5.54. The van der Waals surface area contributed by atoms with E-state index in [0.29, 0.717) is 48.6 Å². The SMILES string of the molecule is Cc1cc(-c2c[nH]c3ncc(-c4ccc(N5CCN(c6cccc7c6C(=O)N(C6CCC(=O)NC6=O)C7=O)CC5)cc4)nc23)ccc1C(=O)N(C)C. The van der Waals surface area contributed by atoms with E-state index in [0.717, 1.165) is 44.1 Å². The zero-order chi connectivity index (χ0) is 36.3. The lowest BCUT2D eigenvalue weighted by Crippen LogP contribution is -2.54. The van der Waals surface area contributed by atoms with E-state index >= 15 is 0 Å². The fraction of sp³-hybridized carbons (Fsp3) is 0.256. The number of aromatic nitrogens is 3. The van der Waals surface area contributed by atoms with Crippen LogP contribution in [0.15, 0.2) is 73.1 Å². The van der Waals surface area contributed by atoms with E-state index in [-0.39, 0.29) is 24.3 Å². The van der Waals surface area contributed by atoms with Gasteiger partial charge in [-0.2, -0.15) is 0 Å². The van der Waals surface area contributed by atoms with Crippen molar-refractivity contribution in [2.45, 2.75) is 25.8 Å². The van der Waals surface area contributed by atoms with Gasteiger partial charge in [-0.05, 0) is 54.8 Å². The van der Waals surface area contributed by atoms with Gasteiger partial charge >= 0.3 is 0 Å². The van der Waals surface area contributed by atoms with Crippen molar-refractivity contribution in [3.63, 3.8) is 0 Å². The molecule has 8 rings (SSSR count). The van der Waals surface area contributed by atoms with Gasteiger partial charge in [0.25, 0.3) is 17.7 Å². The topological polar surface area (TPSA) is 152 Å². The predicted octanol–water partition coefficient (Wildman–Crippen LogP) is 4.03. The molecule has 5 amide bonds. The highest BCUT2D eigenvalue weighted by molar-refractivity contribution is 6.25. The van der Waals surface area contributed by atoms with Gasteiger partial charge in [0.15, 0.2) is 5.65 Å². The maximum absolute atomic E-state index is 13.6. The van der Waals surface area contributed by atoms with Crippen molar-refractivity contribution in [1.29, 1.82) is 0 Å². The summed E-state index contributed by atoms with van der Waals surface area (Å²) < 4.78 is 0. The molecular weight excluding hydrogens is 660 g/mol. The first-order valence-corrected chi connectivity index (χ1v) is 17.2. The Balaban J connectivity index is 0.967. The zero-order valence-electron chi connectivity index (χ0n) is 29.0. The third-order valence-electron chi connectivity index (χ3n) is 10.1. The lowest BCUT2D eigenvalue weighted by atomic mass is 10.0. The van der Waals surface area contributed by atoms with E-state index in [1.165, 1.54) is 0 Å². The van der Waals surface area contributed by atoms with Crippen LogP contribution in [0.1, 0.15) is 49.5 Å². The van der Waals surface area contributed by atoms with Gasteiger partial charge in [-0.3, -0.25) is 34.2 Å². The number of piperazine rings is 1. The summed E-state index contributed by atoms with van der Waals surface area (Å²) in [5, 5.41) is 2.25. The van der Waals surface area contributed by atoms with Crippen molar-refractivity contribution in [2.75, 3.05) is 50.1 Å². The number of piperidine rings is 1. The molecule has 2 N–H and O–H groups in total. The number of anilines is 2. The zero-order valence-corrected chi connectivity index (χ0v) is 29.0. The number of aromatic amines is 1. The number of benzene rings is 3. The minimum Gasteiger partial charge on any atom is -0.368 e. The molecule has 0 bridgehead atoms. The number of fused-ring (bicyclic) bond motifs is 2. The Hall–Kier alpha value is -6.37. The summed E-state index contributed by atoms with van der Waals surface area (Å²) in [6, 6.07) is 18.2. The summed E-state index contributed by atoms with van der Waals surface area (Å²) in [5.41, 5.74) is 8.81. The molecule has 0 aliphatic carbocycles. The van der Waals surface area contributed by atoms with Crippen LogP contribution >= 0.6 is 0 Å². The molecule has 2 fully saturated rings. The summed E-state index contributed by atoms with van der Waals surface area (Å²) in [4.78, 5) is 83.5. The van der Waals surface area contributed by atoms with Crippen LogP contribution in [0, 0.1) is 6.92 Å². The van der Waals surface area contributed by atoms with E-state index in [1.807, 2.05) is 49.5 Å². The highest BCUT2D eigenvalue weighted by atomic mass is 16.2. The average molecular weight is 697 g/mol. The molecule has 2 saturated heterocycles. The van der Waals surface area contributed by atoms with Crippen LogP contribution in [0.25, 0.3) is 33.5 Å². The second-order valence-corrected chi connectivity index (χ2v) is 13.6. The Morgan fingerprint density at radius 1 is 0.865 bits per heavy atom. The Bertz CT molecular complexity index is 2310. The van der Waals surface area contributed by atoms with Gasteiger partial charge in [0.05, 0.1) is 28.7 Å². The molecule has 5 heterocycles. The van der Waals surface area contributed by atoms with Gasteiger partial charge in [0.2, 0.25) is 11.8 Å². The standard InChI is InChI=1S/C39H36N8O5/c1-22-19-24(9-12-26(22)37(50)44(2)3)28-20-40-35-34(28)42-29(21-41-35)23-7-10-25(11-8-23)45-15-17-46(18-16-45)30-6-4-5-27-33(30)39(52)47(38(27)51)31-13-14-32(48)43-36(31)49/h4-12,19-21,31H,13-18H2,1-3H3,(H,40,41)(H,43,48,49). The van der Waals surface area contributed by atoms with Crippen molar-refractivity contribution >= 4 is 52.1 Å². The summed E-state index contributed by atoms with van der Waals surface area (Å²) in [6.07, 6.45) is 3.84. The Morgan fingerprint density at radius 3 is 2.31 bits per heavy atom. The molecule has 1 unspecified atom stereocenters. The lowest BCUT2D eigenvalue weighted by molar-refractivity contribution is -0.136. The fourth-order valence-electron chi connectivity index (χ4n) is 7.37. The maximum atomic E-state index is 13.6. The second kappa shape index (κ2) is 12.7. The lowest BCUT2D eigenvalue weighted by Gasteiger charge is -2.38. The minimum absolute atomic E-state index is 0.0380. The molecule has 5 aromatic rings. The monoisotopic (exact) mass is 696 g/mol. The molecule has 13 heteroatoms. The molecule has 13 nitrogen and oxygen atoms in total. The summed E-state index contributed by atoms with van der Waals surface area (Å²) >= 11 is 0. The van der Waals surface area contributed by atoms with E-state index in [4.69, 9.17) is 4.98 Å².